The molecule has 12 nitrogen and oxygen atoms in total. The van der Waals surface area contributed by atoms with E-state index in [4.69, 9.17) is 23.7 Å². The van der Waals surface area contributed by atoms with Gasteiger partial charge < -0.3 is 39.0 Å². The number of carbonyl (C=O) groups excluding carboxylic acids is 3. The Hall–Kier alpha value is -5.40. The van der Waals surface area contributed by atoms with Crippen LogP contribution in [0.4, 0.5) is 0 Å². The van der Waals surface area contributed by atoms with Crippen molar-refractivity contribution in [1.29, 1.82) is 0 Å². The van der Waals surface area contributed by atoms with Crippen molar-refractivity contribution in [2.75, 3.05) is 13.2 Å². The number of aliphatic hydroxyl groups is 2. The van der Waals surface area contributed by atoms with Crippen LogP contribution in [0.1, 0.15) is 213 Å². The lowest BCUT2D eigenvalue weighted by Crippen LogP contribution is -2.61. The molecule has 1 heterocycles. The van der Waals surface area contributed by atoms with Crippen LogP contribution in [-0.4, -0.2) is 89.2 Å². The molecule has 81 heavy (non-hydrogen) atoms. The zero-order valence-corrected chi connectivity index (χ0v) is 50.0. The number of allylic oxidation sites excluding steroid dienone is 23. The Morgan fingerprint density at radius 2 is 0.827 bits per heavy atom. The van der Waals surface area contributed by atoms with Crippen molar-refractivity contribution in [2.45, 2.75) is 250 Å². The molecule has 1 saturated heterocycles. The van der Waals surface area contributed by atoms with Crippen molar-refractivity contribution in [3.05, 3.63) is 146 Å². The van der Waals surface area contributed by atoms with E-state index >= 15 is 0 Å². The maximum atomic E-state index is 13.1. The molecule has 0 aromatic heterocycles. The Labute approximate surface area is 489 Å². The third-order valence-corrected chi connectivity index (χ3v) is 12.9. The number of rotatable bonds is 50. The van der Waals surface area contributed by atoms with E-state index in [1.165, 1.54) is 51.4 Å². The summed E-state index contributed by atoms with van der Waals surface area (Å²) in [5.74, 6) is -3.39. The molecular formula is C69H106O12. The van der Waals surface area contributed by atoms with Crippen molar-refractivity contribution >= 4 is 23.9 Å². The molecule has 1 fully saturated rings. The predicted molar refractivity (Wildman–Crippen MR) is 330 cm³/mol. The summed E-state index contributed by atoms with van der Waals surface area (Å²) in [5.41, 5.74) is 0. The third kappa shape index (κ3) is 44.9. The second-order valence-electron chi connectivity index (χ2n) is 20.2. The van der Waals surface area contributed by atoms with Gasteiger partial charge in [-0.3, -0.25) is 14.4 Å². The monoisotopic (exact) mass is 1130 g/mol. The van der Waals surface area contributed by atoms with Gasteiger partial charge in [-0.2, -0.15) is 0 Å². The molecule has 0 aliphatic carbocycles. The Morgan fingerprint density at radius 3 is 1.28 bits per heavy atom. The summed E-state index contributed by atoms with van der Waals surface area (Å²) in [6, 6.07) is 0. The predicted octanol–water partition coefficient (Wildman–Crippen LogP) is 16.3. The average Bonchev–Trinajstić information content (AvgIpc) is 3.53. The number of hydrogen-bond donors (Lipinski definition) is 3. The van der Waals surface area contributed by atoms with Gasteiger partial charge in [-0.05, 0) is 116 Å². The lowest BCUT2D eigenvalue weighted by atomic mass is 9.98. The minimum Gasteiger partial charge on any atom is -0.479 e. The first kappa shape index (κ1) is 73.6. The number of ether oxygens (including phenoxy) is 5. The number of esters is 3. The highest BCUT2D eigenvalue weighted by atomic mass is 16.7. The van der Waals surface area contributed by atoms with Crippen LogP contribution >= 0.6 is 0 Å². The van der Waals surface area contributed by atoms with Crippen molar-refractivity contribution in [3.8, 4) is 0 Å². The zero-order chi connectivity index (χ0) is 58.9. The molecule has 454 valence electrons. The second kappa shape index (κ2) is 55.2. The quantitative estimate of drug-likeness (QED) is 0.0228. The zero-order valence-electron chi connectivity index (χ0n) is 50.0. The third-order valence-electron chi connectivity index (χ3n) is 12.9. The van der Waals surface area contributed by atoms with E-state index in [1.54, 1.807) is 6.08 Å². The fourth-order valence-corrected chi connectivity index (χ4v) is 8.27. The Bertz CT molecular complexity index is 1960. The van der Waals surface area contributed by atoms with Crippen LogP contribution in [0.3, 0.4) is 0 Å². The largest absolute Gasteiger partial charge is 0.479 e. The second-order valence-corrected chi connectivity index (χ2v) is 20.2. The van der Waals surface area contributed by atoms with E-state index in [9.17, 15) is 34.5 Å². The first-order valence-corrected chi connectivity index (χ1v) is 30.8. The topological polar surface area (TPSA) is 175 Å². The number of aliphatic hydroxyl groups excluding tert-OH is 2. The lowest BCUT2D eigenvalue weighted by Gasteiger charge is -2.40. The van der Waals surface area contributed by atoms with Gasteiger partial charge in [0.2, 0.25) is 0 Å². The first-order chi connectivity index (χ1) is 39.6. The summed E-state index contributed by atoms with van der Waals surface area (Å²) in [5, 5.41) is 31.5. The van der Waals surface area contributed by atoms with Crippen LogP contribution in [0.5, 0.6) is 0 Å². The number of carbonyl (C=O) groups is 4. The molecule has 0 radical (unpaired) electrons. The van der Waals surface area contributed by atoms with E-state index in [-0.39, 0.29) is 19.3 Å². The average molecular weight is 1130 g/mol. The van der Waals surface area contributed by atoms with Gasteiger partial charge in [0.05, 0.1) is 13.0 Å². The lowest BCUT2D eigenvalue weighted by molar-refractivity contribution is -0.301. The number of unbranched alkanes of at least 4 members (excludes halogenated alkanes) is 13. The molecular weight excluding hydrogens is 1020 g/mol. The van der Waals surface area contributed by atoms with E-state index in [0.717, 1.165) is 96.3 Å². The smallest absolute Gasteiger partial charge is 0.335 e. The Balaban J connectivity index is 2.76. The van der Waals surface area contributed by atoms with Crippen molar-refractivity contribution < 1.29 is 58.2 Å². The van der Waals surface area contributed by atoms with Crippen LogP contribution in [0.2, 0.25) is 0 Å². The van der Waals surface area contributed by atoms with E-state index < -0.39 is 73.9 Å². The molecule has 1 aliphatic heterocycles. The SMILES string of the molecule is CC/C=C\C/C=C\C/C=C\C/C=C\C/C=C\CCCC(=O)OCC(COC1OC(C(=O)O)C(O)C(O)C1OC(=O)CCCCCCCCCCC/C=C\C/C=C\CCCCC)OC(=O)C/C=C\C/C=C\C/C=C\C/C=C\C/C=C\CC. The van der Waals surface area contributed by atoms with Crippen LogP contribution in [0.25, 0.3) is 0 Å². The summed E-state index contributed by atoms with van der Waals surface area (Å²) >= 11 is 0. The highest BCUT2D eigenvalue weighted by Gasteiger charge is 2.50. The molecule has 0 saturated carbocycles. The van der Waals surface area contributed by atoms with Crippen molar-refractivity contribution in [3.63, 3.8) is 0 Å². The summed E-state index contributed by atoms with van der Waals surface area (Å²) in [4.78, 5) is 51.2. The van der Waals surface area contributed by atoms with E-state index in [2.05, 4.69) is 130 Å². The highest BCUT2D eigenvalue weighted by molar-refractivity contribution is 5.74. The van der Waals surface area contributed by atoms with E-state index in [0.29, 0.717) is 25.7 Å². The van der Waals surface area contributed by atoms with Crippen molar-refractivity contribution in [2.24, 2.45) is 0 Å². The van der Waals surface area contributed by atoms with E-state index in [1.807, 2.05) is 30.4 Å². The fraction of sp³-hybridized carbons (Fsp3) is 0.594. The van der Waals surface area contributed by atoms with Gasteiger partial charge in [-0.25, -0.2) is 4.79 Å². The maximum Gasteiger partial charge on any atom is 0.335 e. The van der Waals surface area contributed by atoms with Crippen molar-refractivity contribution in [1.82, 2.24) is 0 Å². The van der Waals surface area contributed by atoms with Gasteiger partial charge in [0.15, 0.2) is 24.6 Å². The molecule has 6 unspecified atom stereocenters. The fourth-order valence-electron chi connectivity index (χ4n) is 8.27. The number of carboxylic acids is 1. The van der Waals surface area contributed by atoms with Crippen LogP contribution in [0.15, 0.2) is 146 Å². The Morgan fingerprint density at radius 1 is 0.432 bits per heavy atom. The molecule has 0 aromatic carbocycles. The standard InChI is InChI=1S/C69H106O12/c1-4-7-10-13-16-19-22-25-28-30-31-33-36-39-42-45-48-51-54-57-63(72)80-67-65(74)64(73)66(68(75)76)81-69(67)78-59-60(79-62(71)56-53-50-47-44-41-38-34-27-24-21-18-15-12-9-6-3)58-77-61(70)55-52-49-46-43-40-37-35-32-29-26-23-20-17-14-11-8-5-2/h8-9,11-12,16-21,25-29,34-35,37,41,43-44,46,50,53,60,64-67,69,73-74H,4-7,10,13-15,22-24,30-33,36,38-40,42,45,47-49,51-52,54-59H2,1-3H3,(H,75,76)/b11-8-,12-9-,19-16-,20-17-,21-18-,28-25-,29-26-,34-27-,37-35-,44-41-,46-43-,53-50-. The minimum absolute atomic E-state index is 0.0314. The Kier molecular flexibility index (Phi) is 50.1. The molecule has 6 atom stereocenters. The van der Waals surface area contributed by atoms with Gasteiger partial charge in [-0.15, -0.1) is 0 Å². The maximum absolute atomic E-state index is 13.1. The summed E-state index contributed by atoms with van der Waals surface area (Å²) < 4.78 is 28.3. The summed E-state index contributed by atoms with van der Waals surface area (Å²) in [7, 11) is 0. The molecule has 3 N–H and O–H groups in total. The van der Waals surface area contributed by atoms with Gasteiger partial charge in [-0.1, -0.05) is 224 Å². The summed E-state index contributed by atoms with van der Waals surface area (Å²) in [6.07, 6.45) is 67.0. The van der Waals surface area contributed by atoms with Crippen LogP contribution < -0.4 is 0 Å². The molecule has 0 spiro atoms. The van der Waals surface area contributed by atoms with Crippen LogP contribution in [0, 0.1) is 0 Å². The van der Waals surface area contributed by atoms with Gasteiger partial charge >= 0.3 is 23.9 Å². The van der Waals surface area contributed by atoms with Gasteiger partial charge in [0.25, 0.3) is 0 Å². The number of hydrogen-bond acceptors (Lipinski definition) is 11. The first-order valence-electron chi connectivity index (χ1n) is 30.8. The van der Waals surface area contributed by atoms with Gasteiger partial charge in [0.1, 0.15) is 18.8 Å². The minimum atomic E-state index is -1.93. The van der Waals surface area contributed by atoms with Crippen LogP contribution in [-0.2, 0) is 42.9 Å². The molecule has 0 aromatic rings. The molecule has 1 rings (SSSR count). The normalized spacial score (nSPS) is 18.8. The summed E-state index contributed by atoms with van der Waals surface area (Å²) in [6.45, 7) is 5.60. The number of carboxylic acid groups (broad SMARTS) is 1. The molecule has 1 aliphatic rings. The molecule has 0 amide bonds. The molecule has 0 bridgehead atoms. The highest BCUT2D eigenvalue weighted by Crippen LogP contribution is 2.26. The number of aliphatic carboxylic acids is 1. The van der Waals surface area contributed by atoms with Gasteiger partial charge in [0, 0.05) is 12.8 Å². The molecule has 12 heteroatoms.